The zero-order chi connectivity index (χ0) is 25.3. The van der Waals surface area contributed by atoms with Gasteiger partial charge in [0.1, 0.15) is 11.9 Å². The first-order valence-corrected chi connectivity index (χ1v) is 12.1. The predicted molar refractivity (Wildman–Crippen MR) is 128 cm³/mol. The van der Waals surface area contributed by atoms with Crippen molar-refractivity contribution in [1.82, 2.24) is 19.9 Å². The van der Waals surface area contributed by atoms with E-state index in [-0.39, 0.29) is 43.5 Å². The highest BCUT2D eigenvalue weighted by atomic mass is 19.3. The molecule has 0 saturated carbocycles. The van der Waals surface area contributed by atoms with Crippen molar-refractivity contribution in [3.05, 3.63) is 65.7 Å². The van der Waals surface area contributed by atoms with Gasteiger partial charge in [-0.1, -0.05) is 35.5 Å². The van der Waals surface area contributed by atoms with Gasteiger partial charge in [0.15, 0.2) is 5.82 Å². The number of aromatic nitrogens is 2. The van der Waals surface area contributed by atoms with Gasteiger partial charge >= 0.3 is 0 Å². The number of piperidine rings is 1. The summed E-state index contributed by atoms with van der Waals surface area (Å²) in [5, 5.41) is 3.75. The van der Waals surface area contributed by atoms with Gasteiger partial charge in [-0.2, -0.15) is 4.98 Å². The molecular weight excluding hydrogens is 471 g/mol. The van der Waals surface area contributed by atoms with Gasteiger partial charge in [0.05, 0.1) is 5.69 Å². The van der Waals surface area contributed by atoms with E-state index >= 15 is 4.39 Å². The number of rotatable bonds is 5. The van der Waals surface area contributed by atoms with Crippen molar-refractivity contribution in [2.45, 2.75) is 31.7 Å². The standard InChI is InChI=1S/C26H28F3N5O2/c1-18-30-24(36-31-18)20-7-8-22(21(27)17-20)32-13-15-33(16-14-32)23(19-5-3-2-4-6-19)25(35)34-11-9-26(28,29)10-12-34/h2-8,17,23H,9-16H2,1H3. The molecule has 3 heterocycles. The Bertz CT molecular complexity index is 1200. The molecule has 2 aliphatic heterocycles. The van der Waals surface area contributed by atoms with Crippen LogP contribution in [0, 0.1) is 12.7 Å². The molecule has 0 N–H and O–H groups in total. The maximum atomic E-state index is 15.0. The van der Waals surface area contributed by atoms with E-state index in [1.165, 1.54) is 6.07 Å². The van der Waals surface area contributed by atoms with E-state index in [1.807, 2.05) is 35.2 Å². The first-order valence-electron chi connectivity index (χ1n) is 12.1. The third-order valence-corrected chi connectivity index (χ3v) is 6.90. The number of hydrogen-bond donors (Lipinski definition) is 0. The summed E-state index contributed by atoms with van der Waals surface area (Å²) in [7, 11) is 0. The highest BCUT2D eigenvalue weighted by Gasteiger charge is 2.39. The Kier molecular flexibility index (Phi) is 6.70. The molecule has 0 radical (unpaired) electrons. The van der Waals surface area contributed by atoms with E-state index in [4.69, 9.17) is 4.52 Å². The Morgan fingerprint density at radius 3 is 2.31 bits per heavy atom. The van der Waals surface area contributed by atoms with Gasteiger partial charge in [-0.3, -0.25) is 9.69 Å². The van der Waals surface area contributed by atoms with E-state index < -0.39 is 12.0 Å². The zero-order valence-corrected chi connectivity index (χ0v) is 20.0. The molecule has 1 unspecified atom stereocenters. The Morgan fingerprint density at radius 2 is 1.69 bits per heavy atom. The largest absolute Gasteiger partial charge is 0.367 e. The second-order valence-electron chi connectivity index (χ2n) is 9.33. The number of aryl methyl sites for hydroxylation is 1. The third kappa shape index (κ3) is 5.09. The molecule has 3 aromatic rings. The average Bonchev–Trinajstić information content (AvgIpc) is 3.31. The maximum Gasteiger partial charge on any atom is 0.258 e. The fourth-order valence-electron chi connectivity index (χ4n) is 4.90. The number of carbonyl (C=O) groups excluding carboxylic acids is 1. The Balaban J connectivity index is 1.30. The predicted octanol–water partition coefficient (Wildman–Crippen LogP) is 4.31. The highest BCUT2D eigenvalue weighted by Crippen LogP contribution is 2.32. The molecule has 36 heavy (non-hydrogen) atoms. The van der Waals surface area contributed by atoms with Crippen molar-refractivity contribution in [2.75, 3.05) is 44.2 Å². The fraction of sp³-hybridized carbons (Fsp3) is 0.423. The van der Waals surface area contributed by atoms with Crippen LogP contribution >= 0.6 is 0 Å². The number of piperazine rings is 1. The minimum atomic E-state index is -2.72. The monoisotopic (exact) mass is 499 g/mol. The molecule has 7 nitrogen and oxygen atoms in total. The van der Waals surface area contributed by atoms with Crippen molar-refractivity contribution in [3.8, 4) is 11.5 Å². The maximum absolute atomic E-state index is 15.0. The van der Waals surface area contributed by atoms with E-state index in [2.05, 4.69) is 15.0 Å². The fourth-order valence-corrected chi connectivity index (χ4v) is 4.90. The normalized spacial score (nSPS) is 19.3. The van der Waals surface area contributed by atoms with Gasteiger partial charge in [-0.15, -0.1) is 0 Å². The highest BCUT2D eigenvalue weighted by molar-refractivity contribution is 5.83. The second kappa shape index (κ2) is 9.93. The SMILES string of the molecule is Cc1noc(-c2ccc(N3CCN(C(C(=O)N4CCC(F)(F)CC4)c4ccccc4)CC3)c(F)c2)n1. The number of alkyl halides is 2. The van der Waals surface area contributed by atoms with E-state index in [0.717, 1.165) is 5.56 Å². The number of anilines is 1. The van der Waals surface area contributed by atoms with E-state index in [9.17, 15) is 13.6 Å². The van der Waals surface area contributed by atoms with Gasteiger partial charge in [0, 0.05) is 57.7 Å². The van der Waals surface area contributed by atoms with Gasteiger partial charge in [0.25, 0.3) is 11.8 Å². The molecule has 1 amide bonds. The van der Waals surface area contributed by atoms with Crippen LogP contribution in [0.5, 0.6) is 0 Å². The summed E-state index contributed by atoms with van der Waals surface area (Å²) in [6, 6.07) is 13.7. The van der Waals surface area contributed by atoms with Crippen molar-refractivity contribution in [1.29, 1.82) is 0 Å². The molecule has 5 rings (SSSR count). The lowest BCUT2D eigenvalue weighted by atomic mass is 10.00. The van der Waals surface area contributed by atoms with Crippen molar-refractivity contribution >= 4 is 11.6 Å². The van der Waals surface area contributed by atoms with E-state index in [0.29, 0.717) is 43.3 Å². The summed E-state index contributed by atoms with van der Waals surface area (Å²) in [6.45, 7) is 3.89. The van der Waals surface area contributed by atoms with Crippen LogP contribution in [0.2, 0.25) is 0 Å². The molecular formula is C26H28F3N5O2. The number of likely N-dealkylation sites (tertiary alicyclic amines) is 1. The van der Waals surface area contributed by atoms with Crippen LogP contribution in [0.4, 0.5) is 18.9 Å². The number of hydrogen-bond acceptors (Lipinski definition) is 6. The molecule has 2 aliphatic rings. The lowest BCUT2D eigenvalue weighted by Crippen LogP contribution is -2.53. The smallest absolute Gasteiger partial charge is 0.258 e. The number of halogens is 3. The second-order valence-corrected chi connectivity index (χ2v) is 9.33. The Labute approximate surface area is 207 Å². The number of benzene rings is 2. The van der Waals surface area contributed by atoms with Crippen LogP contribution in [-0.2, 0) is 4.79 Å². The van der Waals surface area contributed by atoms with Gasteiger partial charge in [-0.05, 0) is 30.7 Å². The first-order chi connectivity index (χ1) is 17.3. The lowest BCUT2D eigenvalue weighted by molar-refractivity contribution is -0.143. The molecule has 0 bridgehead atoms. The molecule has 0 aliphatic carbocycles. The molecule has 10 heteroatoms. The molecule has 190 valence electrons. The number of carbonyl (C=O) groups is 1. The minimum Gasteiger partial charge on any atom is -0.367 e. The summed E-state index contributed by atoms with van der Waals surface area (Å²) in [5.41, 5.74) is 1.81. The van der Waals surface area contributed by atoms with Gasteiger partial charge < -0.3 is 14.3 Å². The lowest BCUT2D eigenvalue weighted by Gasteiger charge is -2.42. The molecule has 0 spiro atoms. The van der Waals surface area contributed by atoms with Crippen molar-refractivity contribution in [3.63, 3.8) is 0 Å². The molecule has 2 fully saturated rings. The van der Waals surface area contributed by atoms with E-state index in [1.54, 1.807) is 24.0 Å². The Morgan fingerprint density at radius 1 is 1.00 bits per heavy atom. The van der Waals surface area contributed by atoms with Crippen molar-refractivity contribution < 1.29 is 22.5 Å². The molecule has 2 aromatic carbocycles. The number of nitrogens with zero attached hydrogens (tertiary/aromatic N) is 5. The van der Waals surface area contributed by atoms with Crippen LogP contribution in [0.25, 0.3) is 11.5 Å². The molecule has 2 saturated heterocycles. The van der Waals surface area contributed by atoms with Crippen molar-refractivity contribution in [2.24, 2.45) is 0 Å². The minimum absolute atomic E-state index is 0.0479. The summed E-state index contributed by atoms with van der Waals surface area (Å²) in [6.07, 6.45) is -0.626. The quantitative estimate of drug-likeness (QED) is 0.522. The summed E-state index contributed by atoms with van der Waals surface area (Å²) >= 11 is 0. The summed E-state index contributed by atoms with van der Waals surface area (Å²) < 4.78 is 47.5. The number of amides is 1. The van der Waals surface area contributed by atoms with Crippen LogP contribution in [-0.4, -0.2) is 71.0 Å². The zero-order valence-electron chi connectivity index (χ0n) is 20.0. The van der Waals surface area contributed by atoms with Crippen LogP contribution in [0.15, 0.2) is 53.1 Å². The first kappa shape index (κ1) is 24.3. The topological polar surface area (TPSA) is 65.7 Å². The Hall–Kier alpha value is -3.40. The molecule has 1 atom stereocenters. The van der Waals surface area contributed by atoms with Crippen LogP contribution in [0.3, 0.4) is 0 Å². The van der Waals surface area contributed by atoms with Gasteiger partial charge in [0.2, 0.25) is 5.91 Å². The van der Waals surface area contributed by atoms with Crippen LogP contribution < -0.4 is 4.90 Å². The van der Waals surface area contributed by atoms with Gasteiger partial charge in [-0.25, -0.2) is 13.2 Å². The van der Waals surface area contributed by atoms with Crippen LogP contribution in [0.1, 0.15) is 30.3 Å². The summed E-state index contributed by atoms with van der Waals surface area (Å²) in [5.74, 6) is -2.52. The third-order valence-electron chi connectivity index (χ3n) is 6.90. The molecule has 1 aromatic heterocycles. The average molecular weight is 500 g/mol. The summed E-state index contributed by atoms with van der Waals surface area (Å²) in [4.78, 5) is 23.2.